The quantitative estimate of drug-likeness (QED) is 0.799. The monoisotopic (exact) mass is 355 g/mol. The summed E-state index contributed by atoms with van der Waals surface area (Å²) in [5.74, 6) is 0. The predicted molar refractivity (Wildman–Crippen MR) is 92.4 cm³/mol. The second-order valence-electron chi connectivity index (χ2n) is 5.37. The molecule has 0 N–H and O–H groups in total. The van der Waals surface area contributed by atoms with Gasteiger partial charge in [0.1, 0.15) is 4.90 Å². The highest BCUT2D eigenvalue weighted by Gasteiger charge is 2.29. The van der Waals surface area contributed by atoms with Crippen molar-refractivity contribution in [3.63, 3.8) is 0 Å². The van der Waals surface area contributed by atoms with Crippen LogP contribution in [0.2, 0.25) is 5.02 Å². The number of hydrogen-bond donors (Lipinski definition) is 0. The average molecular weight is 356 g/mol. The summed E-state index contributed by atoms with van der Waals surface area (Å²) in [6, 6.07) is 7.46. The van der Waals surface area contributed by atoms with Gasteiger partial charge in [-0.2, -0.15) is 9.40 Å². The molecule has 2 rings (SSSR count). The van der Waals surface area contributed by atoms with E-state index in [1.165, 1.54) is 4.31 Å². The smallest absolute Gasteiger partial charge is 0.246 e. The third kappa shape index (κ3) is 3.59. The van der Waals surface area contributed by atoms with Crippen LogP contribution in [0.15, 0.2) is 29.2 Å². The van der Waals surface area contributed by atoms with Gasteiger partial charge in [-0.25, -0.2) is 8.42 Å². The minimum atomic E-state index is -3.51. The maximum absolute atomic E-state index is 12.8. The Hall–Kier alpha value is -1.37. The molecule has 7 heteroatoms. The van der Waals surface area contributed by atoms with E-state index >= 15 is 0 Å². The molecular formula is C16H22ClN3O2S. The van der Waals surface area contributed by atoms with Crippen LogP contribution in [0.4, 0.5) is 0 Å². The molecule has 0 spiro atoms. The van der Waals surface area contributed by atoms with Gasteiger partial charge >= 0.3 is 0 Å². The highest BCUT2D eigenvalue weighted by molar-refractivity contribution is 7.89. The molecule has 0 atom stereocenters. The zero-order valence-corrected chi connectivity index (χ0v) is 15.4. The number of sulfonamides is 1. The third-order valence-corrected chi connectivity index (χ3v) is 6.42. The first-order chi connectivity index (χ1) is 10.8. The van der Waals surface area contributed by atoms with E-state index < -0.39 is 10.0 Å². The van der Waals surface area contributed by atoms with Gasteiger partial charge in [0.2, 0.25) is 10.0 Å². The molecule has 0 amide bonds. The van der Waals surface area contributed by atoms with Crippen molar-refractivity contribution < 1.29 is 8.42 Å². The Kier molecular flexibility index (Phi) is 5.49. The predicted octanol–water partition coefficient (Wildman–Crippen LogP) is 3.23. The Morgan fingerprint density at radius 3 is 2.22 bits per heavy atom. The van der Waals surface area contributed by atoms with E-state index in [0.717, 1.165) is 5.56 Å². The molecule has 1 aromatic heterocycles. The molecule has 0 aliphatic rings. The van der Waals surface area contributed by atoms with Crippen molar-refractivity contribution in [3.8, 4) is 0 Å². The molecule has 0 fully saturated rings. The van der Waals surface area contributed by atoms with Crippen LogP contribution in [-0.2, 0) is 16.6 Å². The fourth-order valence-corrected chi connectivity index (χ4v) is 4.62. The summed E-state index contributed by atoms with van der Waals surface area (Å²) < 4.78 is 28.8. The van der Waals surface area contributed by atoms with E-state index in [0.29, 0.717) is 40.9 Å². The first-order valence-electron chi connectivity index (χ1n) is 7.59. The number of rotatable bonds is 6. The highest BCUT2D eigenvalue weighted by atomic mass is 35.5. The van der Waals surface area contributed by atoms with Crippen molar-refractivity contribution in [2.45, 2.75) is 39.1 Å². The van der Waals surface area contributed by atoms with Gasteiger partial charge < -0.3 is 0 Å². The molecular weight excluding hydrogens is 334 g/mol. The second kappa shape index (κ2) is 7.03. The minimum Gasteiger partial charge on any atom is -0.264 e. The summed E-state index contributed by atoms with van der Waals surface area (Å²) in [5, 5.41) is 5.10. The van der Waals surface area contributed by atoms with Gasteiger partial charge in [-0.05, 0) is 31.5 Å². The summed E-state index contributed by atoms with van der Waals surface area (Å²) in [4.78, 5) is 0.315. The largest absolute Gasteiger partial charge is 0.264 e. The lowest BCUT2D eigenvalue weighted by Gasteiger charge is -2.18. The molecule has 0 radical (unpaired) electrons. The van der Waals surface area contributed by atoms with E-state index in [1.54, 1.807) is 18.5 Å². The van der Waals surface area contributed by atoms with E-state index in [2.05, 4.69) is 5.10 Å². The maximum atomic E-state index is 12.8. The van der Waals surface area contributed by atoms with Crippen LogP contribution in [0.3, 0.4) is 0 Å². The van der Waals surface area contributed by atoms with Gasteiger partial charge in [-0.3, -0.25) is 4.68 Å². The van der Waals surface area contributed by atoms with Crippen molar-refractivity contribution in [1.82, 2.24) is 14.1 Å². The summed E-state index contributed by atoms with van der Waals surface area (Å²) in [6.07, 6.45) is 0. The van der Waals surface area contributed by atoms with Gasteiger partial charge in [0.05, 0.1) is 17.9 Å². The van der Waals surface area contributed by atoms with Gasteiger partial charge in [0.25, 0.3) is 0 Å². The zero-order valence-electron chi connectivity index (χ0n) is 13.9. The molecule has 0 saturated carbocycles. The van der Waals surface area contributed by atoms with Crippen molar-refractivity contribution >= 4 is 21.6 Å². The minimum absolute atomic E-state index is 0.315. The Morgan fingerprint density at radius 1 is 1.13 bits per heavy atom. The standard InChI is InChI=1S/C16H22ClN3O2S/c1-5-19(6-2)23(21,22)16-12(3)18-20(13(16)4)11-14-7-9-15(17)10-8-14/h7-10H,5-6,11H2,1-4H3. The molecule has 0 aliphatic carbocycles. The molecule has 0 bridgehead atoms. The van der Waals surface area contributed by atoms with Gasteiger partial charge in [0.15, 0.2) is 0 Å². The molecule has 23 heavy (non-hydrogen) atoms. The van der Waals surface area contributed by atoms with Crippen LogP contribution in [0, 0.1) is 13.8 Å². The zero-order chi connectivity index (χ0) is 17.2. The van der Waals surface area contributed by atoms with E-state index in [9.17, 15) is 8.42 Å². The number of aryl methyl sites for hydroxylation is 1. The van der Waals surface area contributed by atoms with E-state index in [4.69, 9.17) is 11.6 Å². The van der Waals surface area contributed by atoms with Crippen LogP contribution in [0.25, 0.3) is 0 Å². The van der Waals surface area contributed by atoms with Gasteiger partial charge in [-0.1, -0.05) is 37.6 Å². The average Bonchev–Trinajstić information content (AvgIpc) is 2.77. The van der Waals surface area contributed by atoms with Crippen LogP contribution in [0.1, 0.15) is 30.8 Å². The number of hydrogen-bond acceptors (Lipinski definition) is 3. The third-order valence-electron chi connectivity index (χ3n) is 3.86. The van der Waals surface area contributed by atoms with Crippen LogP contribution in [-0.4, -0.2) is 35.6 Å². The Balaban J connectivity index is 2.42. The van der Waals surface area contributed by atoms with E-state index in [-0.39, 0.29) is 0 Å². The number of benzene rings is 1. The number of nitrogens with zero attached hydrogens (tertiary/aromatic N) is 3. The second-order valence-corrected chi connectivity index (χ2v) is 7.68. The molecule has 126 valence electrons. The van der Waals surface area contributed by atoms with Crippen molar-refractivity contribution in [1.29, 1.82) is 0 Å². The first-order valence-corrected chi connectivity index (χ1v) is 9.41. The summed E-state index contributed by atoms with van der Waals surface area (Å²) in [5.41, 5.74) is 2.21. The molecule has 0 aliphatic heterocycles. The van der Waals surface area contributed by atoms with Crippen LogP contribution < -0.4 is 0 Å². The SMILES string of the molecule is CCN(CC)S(=O)(=O)c1c(C)nn(Cc2ccc(Cl)cc2)c1C. The highest BCUT2D eigenvalue weighted by Crippen LogP contribution is 2.24. The van der Waals surface area contributed by atoms with E-state index in [1.807, 2.05) is 38.1 Å². The molecule has 2 aromatic rings. The summed E-state index contributed by atoms with van der Waals surface area (Å²) in [6.45, 7) is 8.61. The Labute approximate surface area is 142 Å². The topological polar surface area (TPSA) is 55.2 Å². The van der Waals surface area contributed by atoms with Crippen LogP contribution in [0.5, 0.6) is 0 Å². The lowest BCUT2D eigenvalue weighted by atomic mass is 10.2. The Bertz CT molecular complexity index is 778. The van der Waals surface area contributed by atoms with Gasteiger partial charge in [0, 0.05) is 18.1 Å². The number of aromatic nitrogens is 2. The first kappa shape index (κ1) is 18.0. The van der Waals surface area contributed by atoms with Crippen LogP contribution >= 0.6 is 11.6 Å². The summed E-state index contributed by atoms with van der Waals surface area (Å²) >= 11 is 5.89. The normalized spacial score (nSPS) is 12.1. The molecule has 0 unspecified atom stereocenters. The molecule has 1 aromatic carbocycles. The lowest BCUT2D eigenvalue weighted by Crippen LogP contribution is -2.31. The van der Waals surface area contributed by atoms with Crippen molar-refractivity contribution in [2.24, 2.45) is 0 Å². The number of halogens is 1. The van der Waals surface area contributed by atoms with Crippen molar-refractivity contribution in [2.75, 3.05) is 13.1 Å². The maximum Gasteiger partial charge on any atom is 0.246 e. The van der Waals surface area contributed by atoms with Gasteiger partial charge in [-0.15, -0.1) is 0 Å². The molecule has 0 saturated heterocycles. The fourth-order valence-electron chi connectivity index (χ4n) is 2.66. The fraction of sp³-hybridized carbons (Fsp3) is 0.438. The van der Waals surface area contributed by atoms with Crippen molar-refractivity contribution in [3.05, 3.63) is 46.2 Å². The Morgan fingerprint density at radius 2 is 1.70 bits per heavy atom. The molecule has 1 heterocycles. The lowest BCUT2D eigenvalue weighted by molar-refractivity contribution is 0.444. The molecule has 5 nitrogen and oxygen atoms in total. The summed E-state index contributed by atoms with van der Waals surface area (Å²) in [7, 11) is -3.51.